The maximum atomic E-state index is 5.77. The number of aryl methyl sites for hydroxylation is 1. The van der Waals surface area contributed by atoms with Crippen molar-refractivity contribution < 1.29 is 0 Å². The van der Waals surface area contributed by atoms with Gasteiger partial charge in [0.05, 0.1) is 0 Å². The highest BCUT2D eigenvalue weighted by atomic mass is 79.9. The number of aromatic nitrogens is 1. The fourth-order valence-corrected chi connectivity index (χ4v) is 3.12. The van der Waals surface area contributed by atoms with Gasteiger partial charge in [0, 0.05) is 27.6 Å². The highest BCUT2D eigenvalue weighted by molar-refractivity contribution is 9.10. The SMILES string of the molecule is NCC1CCn2c(cc3c(Br)cccc32)C1. The van der Waals surface area contributed by atoms with Crippen LogP contribution >= 0.6 is 15.9 Å². The summed E-state index contributed by atoms with van der Waals surface area (Å²) in [6, 6.07) is 8.72. The van der Waals surface area contributed by atoms with Crippen molar-refractivity contribution >= 4 is 26.8 Å². The van der Waals surface area contributed by atoms with Crippen LogP contribution in [0.1, 0.15) is 12.1 Å². The molecule has 2 nitrogen and oxygen atoms in total. The molecular formula is C13H15BrN2. The Hall–Kier alpha value is -0.800. The normalized spacial score (nSPS) is 20.0. The fraction of sp³-hybridized carbons (Fsp3) is 0.385. The van der Waals surface area contributed by atoms with Crippen LogP contribution < -0.4 is 5.73 Å². The Labute approximate surface area is 104 Å². The molecule has 1 aliphatic heterocycles. The number of halogens is 1. The molecular weight excluding hydrogens is 264 g/mol. The highest BCUT2D eigenvalue weighted by Gasteiger charge is 2.19. The van der Waals surface area contributed by atoms with Gasteiger partial charge in [0.2, 0.25) is 0 Å². The van der Waals surface area contributed by atoms with Crippen LogP contribution in [0.25, 0.3) is 10.9 Å². The quantitative estimate of drug-likeness (QED) is 0.855. The Balaban J connectivity index is 2.16. The van der Waals surface area contributed by atoms with E-state index < -0.39 is 0 Å². The molecule has 1 unspecified atom stereocenters. The average Bonchev–Trinajstić information content (AvgIpc) is 2.68. The van der Waals surface area contributed by atoms with Crippen LogP contribution in [-0.2, 0) is 13.0 Å². The number of rotatable bonds is 1. The second-order valence-electron chi connectivity index (χ2n) is 4.55. The van der Waals surface area contributed by atoms with Gasteiger partial charge in [0.15, 0.2) is 0 Å². The third-order valence-electron chi connectivity index (χ3n) is 3.57. The highest BCUT2D eigenvalue weighted by Crippen LogP contribution is 2.31. The summed E-state index contributed by atoms with van der Waals surface area (Å²) < 4.78 is 3.63. The van der Waals surface area contributed by atoms with Gasteiger partial charge in [0.25, 0.3) is 0 Å². The van der Waals surface area contributed by atoms with E-state index in [0.29, 0.717) is 5.92 Å². The first-order chi connectivity index (χ1) is 7.79. The third-order valence-corrected chi connectivity index (χ3v) is 4.26. The van der Waals surface area contributed by atoms with Crippen LogP contribution in [0, 0.1) is 5.92 Å². The Kier molecular flexibility index (Phi) is 2.52. The van der Waals surface area contributed by atoms with Crippen LogP contribution in [0.3, 0.4) is 0 Å². The summed E-state index contributed by atoms with van der Waals surface area (Å²) >= 11 is 3.62. The molecule has 0 spiro atoms. The number of hydrogen-bond donors (Lipinski definition) is 1. The van der Waals surface area contributed by atoms with Crippen molar-refractivity contribution in [3.05, 3.63) is 34.4 Å². The summed E-state index contributed by atoms with van der Waals surface area (Å²) in [6.45, 7) is 1.92. The van der Waals surface area contributed by atoms with Crippen LogP contribution in [0.2, 0.25) is 0 Å². The monoisotopic (exact) mass is 278 g/mol. The average molecular weight is 279 g/mol. The molecule has 0 radical (unpaired) electrons. The number of nitrogens with zero attached hydrogens (tertiary/aromatic N) is 1. The van der Waals surface area contributed by atoms with E-state index in [0.717, 1.165) is 19.5 Å². The molecule has 1 aromatic carbocycles. The van der Waals surface area contributed by atoms with Gasteiger partial charge in [-0.3, -0.25) is 0 Å². The first-order valence-electron chi connectivity index (χ1n) is 5.76. The lowest BCUT2D eigenvalue weighted by atomic mass is 9.96. The minimum absolute atomic E-state index is 0.663. The Morgan fingerprint density at radius 3 is 3.12 bits per heavy atom. The first-order valence-corrected chi connectivity index (χ1v) is 6.55. The summed E-state index contributed by atoms with van der Waals surface area (Å²) in [6.07, 6.45) is 2.33. The van der Waals surface area contributed by atoms with Gasteiger partial charge in [-0.05, 0) is 43.5 Å². The molecule has 2 N–H and O–H groups in total. The summed E-state index contributed by atoms with van der Waals surface area (Å²) in [4.78, 5) is 0. The number of benzene rings is 1. The third kappa shape index (κ3) is 1.50. The molecule has 16 heavy (non-hydrogen) atoms. The first kappa shape index (κ1) is 10.4. The van der Waals surface area contributed by atoms with Crippen LogP contribution in [0.5, 0.6) is 0 Å². The Morgan fingerprint density at radius 1 is 1.44 bits per heavy atom. The Morgan fingerprint density at radius 2 is 2.31 bits per heavy atom. The molecule has 0 fully saturated rings. The predicted octanol–water partition coefficient (Wildman–Crippen LogP) is 2.92. The zero-order chi connectivity index (χ0) is 11.1. The second-order valence-corrected chi connectivity index (χ2v) is 5.41. The summed E-state index contributed by atoms with van der Waals surface area (Å²) in [5, 5.41) is 1.33. The van der Waals surface area contributed by atoms with E-state index in [1.54, 1.807) is 0 Å². The molecule has 1 atom stereocenters. The van der Waals surface area contributed by atoms with Crippen molar-refractivity contribution in [2.24, 2.45) is 11.7 Å². The van der Waals surface area contributed by atoms with E-state index in [4.69, 9.17) is 5.73 Å². The van der Waals surface area contributed by atoms with Gasteiger partial charge >= 0.3 is 0 Å². The minimum Gasteiger partial charge on any atom is -0.345 e. The van der Waals surface area contributed by atoms with Gasteiger partial charge in [-0.2, -0.15) is 0 Å². The van der Waals surface area contributed by atoms with E-state index in [-0.39, 0.29) is 0 Å². The molecule has 2 heterocycles. The molecule has 0 amide bonds. The molecule has 3 rings (SSSR count). The smallest absolute Gasteiger partial charge is 0.0493 e. The molecule has 84 valence electrons. The maximum Gasteiger partial charge on any atom is 0.0493 e. The van der Waals surface area contributed by atoms with E-state index in [9.17, 15) is 0 Å². The maximum absolute atomic E-state index is 5.77. The van der Waals surface area contributed by atoms with Crippen molar-refractivity contribution in [3.8, 4) is 0 Å². The molecule has 1 aromatic heterocycles. The van der Waals surface area contributed by atoms with Gasteiger partial charge in [-0.1, -0.05) is 22.0 Å². The standard InChI is InChI=1S/C13H15BrN2/c14-12-2-1-3-13-11(12)7-10-6-9(8-15)4-5-16(10)13/h1-3,7,9H,4-6,8,15H2. The van der Waals surface area contributed by atoms with Crippen LogP contribution in [-0.4, -0.2) is 11.1 Å². The number of nitrogens with two attached hydrogens (primary N) is 1. The lowest BCUT2D eigenvalue weighted by Gasteiger charge is -2.23. The minimum atomic E-state index is 0.663. The van der Waals surface area contributed by atoms with Crippen LogP contribution in [0.4, 0.5) is 0 Å². The van der Waals surface area contributed by atoms with E-state index >= 15 is 0 Å². The van der Waals surface area contributed by atoms with Gasteiger partial charge in [-0.15, -0.1) is 0 Å². The van der Waals surface area contributed by atoms with Crippen molar-refractivity contribution in [1.29, 1.82) is 0 Å². The lowest BCUT2D eigenvalue weighted by Crippen LogP contribution is -2.24. The largest absolute Gasteiger partial charge is 0.345 e. The zero-order valence-electron chi connectivity index (χ0n) is 9.12. The van der Waals surface area contributed by atoms with E-state index in [1.807, 2.05) is 0 Å². The van der Waals surface area contributed by atoms with Crippen molar-refractivity contribution in [2.45, 2.75) is 19.4 Å². The molecule has 3 heteroatoms. The zero-order valence-corrected chi connectivity index (χ0v) is 10.7. The molecule has 0 saturated heterocycles. The van der Waals surface area contributed by atoms with Crippen molar-refractivity contribution in [3.63, 3.8) is 0 Å². The molecule has 1 aliphatic rings. The van der Waals surface area contributed by atoms with Crippen molar-refractivity contribution in [1.82, 2.24) is 4.57 Å². The van der Waals surface area contributed by atoms with E-state index in [2.05, 4.69) is 44.8 Å². The lowest BCUT2D eigenvalue weighted by molar-refractivity contribution is 0.402. The molecule has 0 bridgehead atoms. The van der Waals surface area contributed by atoms with Crippen molar-refractivity contribution in [2.75, 3.05) is 6.54 Å². The summed E-state index contributed by atoms with van der Waals surface area (Å²) in [7, 11) is 0. The number of fused-ring (bicyclic) bond motifs is 3. The second kappa shape index (κ2) is 3.90. The fourth-order valence-electron chi connectivity index (χ4n) is 2.65. The molecule has 0 aliphatic carbocycles. The predicted molar refractivity (Wildman–Crippen MR) is 70.5 cm³/mol. The Bertz CT molecular complexity index is 530. The molecule has 0 saturated carbocycles. The van der Waals surface area contributed by atoms with Crippen LogP contribution in [0.15, 0.2) is 28.7 Å². The summed E-state index contributed by atoms with van der Waals surface area (Å²) in [5.41, 5.74) is 8.55. The number of hydrogen-bond acceptors (Lipinski definition) is 1. The summed E-state index contributed by atoms with van der Waals surface area (Å²) in [5.74, 6) is 0.663. The van der Waals surface area contributed by atoms with E-state index in [1.165, 1.54) is 27.5 Å². The van der Waals surface area contributed by atoms with Gasteiger partial charge < -0.3 is 10.3 Å². The van der Waals surface area contributed by atoms with Gasteiger partial charge in [0.1, 0.15) is 0 Å². The topological polar surface area (TPSA) is 30.9 Å². The van der Waals surface area contributed by atoms with Gasteiger partial charge in [-0.25, -0.2) is 0 Å². The molecule has 2 aromatic rings.